The van der Waals surface area contributed by atoms with Crippen molar-refractivity contribution in [1.29, 1.82) is 0 Å². The Morgan fingerprint density at radius 1 is 1.50 bits per heavy atom. The molecule has 4 nitrogen and oxygen atoms in total. The third-order valence-corrected chi connectivity index (χ3v) is 3.37. The first-order chi connectivity index (χ1) is 6.75. The lowest BCUT2D eigenvalue weighted by atomic mass is 10.4. The summed E-state index contributed by atoms with van der Waals surface area (Å²) in [7, 11) is 0. The number of nitrogens with two attached hydrogens (primary N) is 1. The molecule has 0 saturated carbocycles. The molecule has 0 radical (unpaired) electrons. The number of aromatic nitrogens is 3. The third kappa shape index (κ3) is 2.02. The molecule has 6 heteroatoms. The van der Waals surface area contributed by atoms with Gasteiger partial charge in [0.2, 0.25) is 0 Å². The molecule has 0 aliphatic carbocycles. The zero-order valence-corrected chi connectivity index (χ0v) is 9.10. The van der Waals surface area contributed by atoms with Gasteiger partial charge in [0.15, 0.2) is 4.34 Å². The number of aryl methyl sites for hydroxylation is 1. The van der Waals surface area contributed by atoms with Crippen molar-refractivity contribution in [3.05, 3.63) is 24.2 Å². The topological polar surface area (TPSA) is 64.7 Å². The van der Waals surface area contributed by atoms with E-state index in [0.717, 1.165) is 15.2 Å². The monoisotopic (exact) mass is 224 g/mol. The minimum atomic E-state index is 0.672. The summed E-state index contributed by atoms with van der Waals surface area (Å²) in [5, 5.41) is 0.781. The Labute approximate surface area is 89.8 Å². The van der Waals surface area contributed by atoms with Gasteiger partial charge in [-0.2, -0.15) is 4.37 Å². The van der Waals surface area contributed by atoms with Gasteiger partial charge >= 0.3 is 0 Å². The smallest absolute Gasteiger partial charge is 0.176 e. The third-order valence-electron chi connectivity index (χ3n) is 1.49. The normalized spacial score (nSPS) is 10.4. The lowest BCUT2D eigenvalue weighted by molar-refractivity contribution is 1.09. The second-order valence-electron chi connectivity index (χ2n) is 2.61. The summed E-state index contributed by atoms with van der Waals surface area (Å²) < 4.78 is 4.95. The van der Waals surface area contributed by atoms with Gasteiger partial charge in [0.1, 0.15) is 10.9 Å². The fourth-order valence-corrected chi connectivity index (χ4v) is 2.45. The van der Waals surface area contributed by atoms with Crippen LogP contribution >= 0.6 is 23.3 Å². The van der Waals surface area contributed by atoms with Gasteiger partial charge in [-0.25, -0.2) is 9.97 Å². The van der Waals surface area contributed by atoms with Crippen LogP contribution in [0.4, 0.5) is 5.69 Å². The van der Waals surface area contributed by atoms with Crippen molar-refractivity contribution in [2.24, 2.45) is 0 Å². The van der Waals surface area contributed by atoms with Crippen LogP contribution in [-0.4, -0.2) is 14.3 Å². The Balaban J connectivity index is 2.23. The number of anilines is 1. The molecule has 14 heavy (non-hydrogen) atoms. The molecule has 2 aromatic heterocycles. The number of pyridine rings is 1. The Bertz CT molecular complexity index is 440. The molecule has 0 amide bonds. The van der Waals surface area contributed by atoms with Crippen LogP contribution in [0, 0.1) is 6.92 Å². The van der Waals surface area contributed by atoms with Gasteiger partial charge in [-0.05, 0) is 42.4 Å². The highest BCUT2D eigenvalue weighted by Gasteiger charge is 2.06. The van der Waals surface area contributed by atoms with Crippen molar-refractivity contribution in [2.75, 3.05) is 5.73 Å². The van der Waals surface area contributed by atoms with E-state index >= 15 is 0 Å². The van der Waals surface area contributed by atoms with Gasteiger partial charge in [-0.15, -0.1) is 0 Å². The summed E-state index contributed by atoms with van der Waals surface area (Å²) in [6.07, 6.45) is 1.71. The maximum atomic E-state index is 5.75. The molecule has 2 N–H and O–H groups in total. The number of nitrogens with zero attached hydrogens (tertiary/aromatic N) is 3. The first kappa shape index (κ1) is 9.42. The van der Waals surface area contributed by atoms with E-state index in [0.29, 0.717) is 5.69 Å². The molecule has 2 aromatic rings. The summed E-state index contributed by atoms with van der Waals surface area (Å²) in [4.78, 5) is 8.38. The van der Waals surface area contributed by atoms with Crippen molar-refractivity contribution in [3.8, 4) is 0 Å². The lowest BCUT2D eigenvalue weighted by Crippen LogP contribution is -1.90. The highest BCUT2D eigenvalue weighted by molar-refractivity contribution is 8.01. The van der Waals surface area contributed by atoms with E-state index in [2.05, 4.69) is 14.3 Å². The number of rotatable bonds is 2. The fraction of sp³-hybridized carbons (Fsp3) is 0.125. The van der Waals surface area contributed by atoms with E-state index < -0.39 is 0 Å². The van der Waals surface area contributed by atoms with Crippen molar-refractivity contribution in [1.82, 2.24) is 14.3 Å². The van der Waals surface area contributed by atoms with Gasteiger partial charge < -0.3 is 5.73 Å². The molecule has 0 aliphatic heterocycles. The summed E-state index contributed by atoms with van der Waals surface area (Å²) in [6, 6.07) is 3.63. The Morgan fingerprint density at radius 3 is 3.00 bits per heavy atom. The highest BCUT2D eigenvalue weighted by atomic mass is 32.2. The first-order valence-corrected chi connectivity index (χ1v) is 5.53. The van der Waals surface area contributed by atoms with Crippen LogP contribution in [0.25, 0.3) is 0 Å². The van der Waals surface area contributed by atoms with E-state index in [1.165, 1.54) is 23.3 Å². The van der Waals surface area contributed by atoms with Crippen molar-refractivity contribution >= 4 is 29.0 Å². The highest BCUT2D eigenvalue weighted by Crippen LogP contribution is 2.30. The largest absolute Gasteiger partial charge is 0.397 e. The Morgan fingerprint density at radius 2 is 2.36 bits per heavy atom. The van der Waals surface area contributed by atoms with Crippen molar-refractivity contribution in [2.45, 2.75) is 16.3 Å². The van der Waals surface area contributed by atoms with Crippen LogP contribution in [0.15, 0.2) is 27.7 Å². The summed E-state index contributed by atoms with van der Waals surface area (Å²) >= 11 is 2.80. The lowest BCUT2D eigenvalue weighted by Gasteiger charge is -1.99. The second kappa shape index (κ2) is 3.93. The Kier molecular flexibility index (Phi) is 2.64. The van der Waals surface area contributed by atoms with Crippen LogP contribution in [0.5, 0.6) is 0 Å². The second-order valence-corrected chi connectivity index (χ2v) is 4.60. The van der Waals surface area contributed by atoms with Gasteiger partial charge in [0, 0.05) is 6.20 Å². The molecule has 0 aromatic carbocycles. The molecule has 0 spiro atoms. The average Bonchev–Trinajstić information content (AvgIpc) is 2.56. The predicted octanol–water partition coefficient (Wildman–Crippen LogP) is 1.97. The minimum Gasteiger partial charge on any atom is -0.397 e. The molecule has 0 aliphatic rings. The standard InChI is InChI=1S/C8H8N4S2/c1-5-11-8(14-12-5)13-7-6(9)3-2-4-10-7/h2-4H,9H2,1H3. The molecular formula is C8H8N4S2. The minimum absolute atomic E-state index is 0.672. The van der Waals surface area contributed by atoms with Gasteiger partial charge in [-0.1, -0.05) is 0 Å². The average molecular weight is 224 g/mol. The molecule has 72 valence electrons. The molecular weight excluding hydrogens is 216 g/mol. The molecule has 0 fully saturated rings. The summed E-state index contributed by atoms with van der Waals surface area (Å²) in [6.45, 7) is 1.86. The van der Waals surface area contributed by atoms with E-state index in [4.69, 9.17) is 5.73 Å². The van der Waals surface area contributed by atoms with Gasteiger partial charge in [0.25, 0.3) is 0 Å². The maximum Gasteiger partial charge on any atom is 0.176 e. The number of hydrogen-bond acceptors (Lipinski definition) is 6. The van der Waals surface area contributed by atoms with E-state index in [1.807, 2.05) is 19.1 Å². The molecule has 0 saturated heterocycles. The zero-order chi connectivity index (χ0) is 9.97. The van der Waals surface area contributed by atoms with Crippen LogP contribution < -0.4 is 5.73 Å². The van der Waals surface area contributed by atoms with Crippen LogP contribution in [0.2, 0.25) is 0 Å². The van der Waals surface area contributed by atoms with Gasteiger partial charge in [0.05, 0.1) is 5.69 Å². The molecule has 2 heterocycles. The van der Waals surface area contributed by atoms with Crippen LogP contribution in [0.1, 0.15) is 5.82 Å². The van der Waals surface area contributed by atoms with Crippen molar-refractivity contribution in [3.63, 3.8) is 0 Å². The van der Waals surface area contributed by atoms with E-state index in [-0.39, 0.29) is 0 Å². The molecule has 0 atom stereocenters. The quantitative estimate of drug-likeness (QED) is 0.845. The Hall–Kier alpha value is -1.14. The number of hydrogen-bond donors (Lipinski definition) is 1. The van der Waals surface area contributed by atoms with Crippen LogP contribution in [0.3, 0.4) is 0 Å². The first-order valence-electron chi connectivity index (χ1n) is 3.94. The molecule has 0 unspecified atom stereocenters. The molecule has 0 bridgehead atoms. The van der Waals surface area contributed by atoms with E-state index in [1.54, 1.807) is 6.20 Å². The summed E-state index contributed by atoms with van der Waals surface area (Å²) in [5.41, 5.74) is 6.42. The van der Waals surface area contributed by atoms with Crippen LogP contribution in [-0.2, 0) is 0 Å². The maximum absolute atomic E-state index is 5.75. The zero-order valence-electron chi connectivity index (χ0n) is 7.47. The fourth-order valence-electron chi connectivity index (χ4n) is 0.891. The van der Waals surface area contributed by atoms with Crippen molar-refractivity contribution < 1.29 is 0 Å². The van der Waals surface area contributed by atoms with Gasteiger partial charge in [-0.3, -0.25) is 0 Å². The summed E-state index contributed by atoms with van der Waals surface area (Å²) in [5.74, 6) is 0.784. The molecule has 2 rings (SSSR count). The number of nitrogen functional groups attached to an aromatic ring is 1. The van der Waals surface area contributed by atoms with E-state index in [9.17, 15) is 0 Å². The predicted molar refractivity (Wildman–Crippen MR) is 57.4 cm³/mol. The SMILES string of the molecule is Cc1nsc(Sc2ncccc2N)n1.